The van der Waals surface area contributed by atoms with Crippen molar-refractivity contribution in [3.63, 3.8) is 0 Å². The molecule has 0 aromatic carbocycles. The summed E-state index contributed by atoms with van der Waals surface area (Å²) in [5.41, 5.74) is 0. The van der Waals surface area contributed by atoms with Crippen LogP contribution in [0.15, 0.2) is 0 Å². The quantitative estimate of drug-likeness (QED) is 0.179. The molecule has 116 valence electrons. The Morgan fingerprint density at radius 1 is 0.500 bits per heavy atom. The van der Waals surface area contributed by atoms with E-state index in [0.717, 1.165) is 0 Å². The molecule has 0 saturated heterocycles. The van der Waals surface area contributed by atoms with Crippen molar-refractivity contribution in [3.05, 3.63) is 0 Å². The van der Waals surface area contributed by atoms with Gasteiger partial charge in [0.05, 0.1) is 0 Å². The molecule has 18 heteroatoms. The third kappa shape index (κ3) is 1320. The number of hydrogen-bond acceptors (Lipinski definition) is 2. The van der Waals surface area contributed by atoms with Crippen LogP contribution in [0.2, 0.25) is 0 Å². The Morgan fingerprint density at radius 2 is 0.500 bits per heavy atom. The van der Waals surface area contributed by atoms with Crippen LogP contribution in [0.3, 0.4) is 0 Å². The smallest absolute Gasteiger partial charge is 1.00 e. The van der Waals surface area contributed by atoms with Gasteiger partial charge in [0.2, 0.25) is 0 Å². The first-order valence-electron chi connectivity index (χ1n) is 1.57. The topological polar surface area (TPSA) is 345 Å². The van der Waals surface area contributed by atoms with Gasteiger partial charge in [0.15, 0.2) is 0 Å². The van der Waals surface area contributed by atoms with Crippen LogP contribution in [0, 0.1) is 0 Å². The summed E-state index contributed by atoms with van der Waals surface area (Å²) in [6, 6.07) is 0. The second-order valence-corrected chi connectivity index (χ2v) is 3.08. The summed E-state index contributed by atoms with van der Waals surface area (Å²) < 4.78 is 17.8. The maximum atomic E-state index is 8.88. The molecule has 18 N–H and O–H groups in total. The van der Waals surface area contributed by atoms with Gasteiger partial charge in [0.1, 0.15) is 0 Å². The predicted molar refractivity (Wildman–Crippen MR) is 52.4 cm³/mol. The van der Waals surface area contributed by atoms with E-state index in [4.69, 9.17) is 38.5 Å². The summed E-state index contributed by atoms with van der Waals surface area (Å²) in [6.45, 7) is 0. The largest absolute Gasteiger partial charge is 1.00 e. The molecular formula is H20Na2O14P2. The molecule has 0 unspecified atom stereocenters. The van der Waals surface area contributed by atoms with E-state index in [9.17, 15) is 0 Å². The number of hydrogen-bond donors (Lipinski definition) is 6. The third-order valence-corrected chi connectivity index (χ3v) is 0. The van der Waals surface area contributed by atoms with Crippen LogP contribution in [0.5, 0.6) is 0 Å². The molecule has 14 nitrogen and oxygen atoms in total. The van der Waals surface area contributed by atoms with Gasteiger partial charge < -0.3 is 65.1 Å². The average Bonchev–Trinajstić information content (AvgIpc) is 1.12. The van der Waals surface area contributed by atoms with Crippen molar-refractivity contribution < 1.29 is 133 Å². The van der Waals surface area contributed by atoms with E-state index < -0.39 is 15.6 Å². The number of rotatable bonds is 0. The normalized spacial score (nSPS) is 6.56. The first-order chi connectivity index (χ1) is 4.00. The maximum Gasteiger partial charge on any atom is 1.00 e. The Bertz CT molecular complexity index is 139. The van der Waals surface area contributed by atoms with Gasteiger partial charge in [-0.05, 0) is 0 Å². The molecule has 0 spiro atoms. The van der Waals surface area contributed by atoms with Gasteiger partial charge >= 0.3 is 74.8 Å². The van der Waals surface area contributed by atoms with Crippen molar-refractivity contribution >= 4 is 15.6 Å². The predicted octanol–water partition coefficient (Wildman–Crippen LogP) is -12.6. The van der Waals surface area contributed by atoms with E-state index >= 15 is 0 Å². The molecule has 18 heavy (non-hydrogen) atoms. The molecule has 0 aliphatic rings. The van der Waals surface area contributed by atoms with E-state index in [1.807, 2.05) is 0 Å². The molecule has 0 bridgehead atoms. The Balaban J connectivity index is -0.00000000427. The van der Waals surface area contributed by atoms with E-state index in [-0.39, 0.29) is 94.8 Å². The second-order valence-electron chi connectivity index (χ2n) is 1.03. The van der Waals surface area contributed by atoms with Crippen molar-refractivity contribution in [2.45, 2.75) is 0 Å². The van der Waals surface area contributed by atoms with E-state index in [1.165, 1.54) is 0 Å². The molecule has 0 rings (SSSR count). The van der Waals surface area contributed by atoms with Crippen molar-refractivity contribution in [1.29, 1.82) is 0 Å². The van der Waals surface area contributed by atoms with Gasteiger partial charge in [-0.3, -0.25) is 0 Å². The van der Waals surface area contributed by atoms with Crippen molar-refractivity contribution in [2.24, 2.45) is 0 Å². The Hall–Kier alpha value is 1.98. The molecule has 0 aromatic heterocycles. The third-order valence-electron chi connectivity index (χ3n) is 0. The van der Waals surface area contributed by atoms with Gasteiger partial charge in [-0.25, -0.2) is 9.13 Å². The van der Waals surface area contributed by atoms with E-state index in [2.05, 4.69) is 0 Å². The van der Waals surface area contributed by atoms with Crippen molar-refractivity contribution in [1.82, 2.24) is 0 Å². The summed E-state index contributed by atoms with van der Waals surface area (Å²) in [5, 5.41) is 0. The minimum Gasteiger partial charge on any atom is -1.00 e. The molecule has 0 heterocycles. The van der Waals surface area contributed by atoms with Crippen LogP contribution in [0.1, 0.15) is 2.85 Å². The van der Waals surface area contributed by atoms with Crippen LogP contribution >= 0.6 is 15.6 Å². The van der Waals surface area contributed by atoms with Gasteiger partial charge in [-0.15, -0.1) is 0 Å². The molecule has 0 saturated carbocycles. The minimum atomic E-state index is -4.64. The van der Waals surface area contributed by atoms with Crippen LogP contribution < -0.4 is 59.1 Å². The number of phosphoric acid groups is 2. The van der Waals surface area contributed by atoms with Crippen LogP contribution in [-0.4, -0.2) is 62.2 Å². The zero-order chi connectivity index (χ0) is 9.00. The van der Waals surface area contributed by atoms with Crippen molar-refractivity contribution in [2.75, 3.05) is 0 Å². The van der Waals surface area contributed by atoms with Crippen LogP contribution in [0.4, 0.5) is 0 Å². The van der Waals surface area contributed by atoms with Gasteiger partial charge in [0.25, 0.3) is 0 Å². The Labute approximate surface area is 148 Å². The first-order valence-corrected chi connectivity index (χ1v) is 4.70. The van der Waals surface area contributed by atoms with Gasteiger partial charge in [0, 0.05) is 0 Å². The summed E-state index contributed by atoms with van der Waals surface area (Å²) in [7, 11) is -9.28. The summed E-state index contributed by atoms with van der Waals surface area (Å²) in [4.78, 5) is 43.1. The van der Waals surface area contributed by atoms with Crippen molar-refractivity contribution in [3.8, 4) is 0 Å². The zero-order valence-corrected chi connectivity index (χ0v) is 15.2. The average molecular weight is 352 g/mol. The maximum absolute atomic E-state index is 8.88. The van der Waals surface area contributed by atoms with Crippen LogP contribution in [0.25, 0.3) is 0 Å². The first kappa shape index (κ1) is 72.3. The fourth-order valence-electron chi connectivity index (χ4n) is 0. The molecular weight excluding hydrogens is 332 g/mol. The fourth-order valence-corrected chi connectivity index (χ4v) is 0. The van der Waals surface area contributed by atoms with Gasteiger partial charge in [-0.2, -0.15) is 0 Å². The SMILES string of the molecule is O.O.O.O.O.O.O=P(O)(O)O.O=P(O)(O)O.[H-].[H-].[Na+].[Na+]. The molecule has 0 radical (unpaired) electrons. The summed E-state index contributed by atoms with van der Waals surface area (Å²) >= 11 is 0. The zero-order valence-electron chi connectivity index (χ0n) is 11.4. The van der Waals surface area contributed by atoms with E-state index in [0.29, 0.717) is 0 Å². The standard InChI is InChI=1S/2Na.2H3O4P.6H2O.2H/c;;2*1-5(2,3)4;;;;;;;;/h;;2*(H3,1,2,3,4);6*1H2;;/q2*+1;;;;;;;;;2*-1. The Morgan fingerprint density at radius 3 is 0.500 bits per heavy atom. The summed E-state index contributed by atoms with van der Waals surface area (Å²) in [5.74, 6) is 0. The van der Waals surface area contributed by atoms with E-state index in [1.54, 1.807) is 0 Å². The van der Waals surface area contributed by atoms with Crippen LogP contribution in [-0.2, 0) is 9.13 Å². The second kappa shape index (κ2) is 31.4. The monoisotopic (exact) mass is 352 g/mol. The molecule has 0 aliphatic carbocycles. The molecule has 0 fully saturated rings. The molecule has 0 aromatic rings. The Kier molecular flexibility index (Phi) is 126. The molecule has 0 aliphatic heterocycles. The fraction of sp³-hybridized carbons (Fsp3) is 0. The van der Waals surface area contributed by atoms with Gasteiger partial charge in [-0.1, -0.05) is 0 Å². The minimum absolute atomic E-state index is 0. The molecule has 0 atom stereocenters. The summed E-state index contributed by atoms with van der Waals surface area (Å²) in [6.07, 6.45) is 0. The molecule has 0 amide bonds.